The normalized spacial score (nSPS) is 27.2. The molecule has 0 radical (unpaired) electrons. The van der Waals surface area contributed by atoms with Crippen molar-refractivity contribution >= 4 is 22.9 Å². The van der Waals surface area contributed by atoms with Gasteiger partial charge in [0.1, 0.15) is 0 Å². The lowest BCUT2D eigenvalue weighted by atomic mass is 9.77. The van der Waals surface area contributed by atoms with E-state index in [2.05, 4.69) is 58.7 Å². The second-order valence-electron chi connectivity index (χ2n) is 4.57. The molecule has 1 aliphatic rings. The third-order valence-electron chi connectivity index (χ3n) is 4.19. The number of likely N-dealkylation sites (tertiary alicyclic amines) is 1. The number of hydrogen-bond donors (Lipinski definition) is 0. The highest BCUT2D eigenvalue weighted by Gasteiger charge is 2.44. The zero-order valence-electron chi connectivity index (χ0n) is 10.6. The van der Waals surface area contributed by atoms with Crippen LogP contribution in [-0.4, -0.2) is 39.7 Å². The van der Waals surface area contributed by atoms with Gasteiger partial charge in [-0.15, -0.1) is 0 Å². The lowest BCUT2D eigenvalue weighted by Crippen LogP contribution is -2.62. The van der Waals surface area contributed by atoms with E-state index in [-0.39, 0.29) is 0 Å². The molecule has 15 heavy (non-hydrogen) atoms. The van der Waals surface area contributed by atoms with Crippen molar-refractivity contribution < 1.29 is 0 Å². The largest absolute Gasteiger partial charge is 0.296 e. The maximum Gasteiger partial charge on any atom is 0.0375 e. The minimum Gasteiger partial charge on any atom is -0.296 e. The Balaban J connectivity index is 2.94. The third-order valence-corrected chi connectivity index (χ3v) is 4.86. The van der Waals surface area contributed by atoms with Crippen molar-refractivity contribution in [3.63, 3.8) is 0 Å². The van der Waals surface area contributed by atoms with Crippen molar-refractivity contribution in [2.45, 2.75) is 58.0 Å². The minimum absolute atomic E-state index is 0.420. The number of hydrogen-bond acceptors (Lipinski definition) is 2. The summed E-state index contributed by atoms with van der Waals surface area (Å²) < 4.78 is 2.41. The highest BCUT2D eigenvalue weighted by Crippen LogP contribution is 2.37. The van der Waals surface area contributed by atoms with Crippen molar-refractivity contribution in [3.8, 4) is 0 Å². The second kappa shape index (κ2) is 5.82. The average molecular weight is 324 g/mol. The number of likely N-dealkylation sites (N-methyl/N-ethyl adjacent to an activating group) is 2. The summed E-state index contributed by atoms with van der Waals surface area (Å²) in [6.45, 7) is 9.49. The van der Waals surface area contributed by atoms with Crippen LogP contribution in [0.15, 0.2) is 0 Å². The Kier molecular flexibility index (Phi) is 5.32. The van der Waals surface area contributed by atoms with E-state index in [9.17, 15) is 0 Å². The van der Waals surface area contributed by atoms with Crippen LogP contribution < -0.4 is 0 Å². The molecule has 0 aromatic carbocycles. The molecular formula is C12H25IN2. The molecule has 0 amide bonds. The molecule has 0 aliphatic carbocycles. The number of rotatable bonds is 4. The van der Waals surface area contributed by atoms with E-state index >= 15 is 0 Å². The van der Waals surface area contributed by atoms with Crippen LogP contribution in [0.1, 0.15) is 46.5 Å². The molecular weight excluding hydrogens is 299 g/mol. The number of nitrogens with zero attached hydrogens (tertiary/aromatic N) is 2. The molecule has 1 fully saturated rings. The molecule has 0 saturated carbocycles. The Morgan fingerprint density at radius 2 is 1.93 bits per heavy atom. The first-order valence-corrected chi connectivity index (χ1v) is 7.22. The first kappa shape index (κ1) is 13.7. The molecule has 1 aliphatic heterocycles. The van der Waals surface area contributed by atoms with Gasteiger partial charge in [-0.25, -0.2) is 3.11 Å². The van der Waals surface area contributed by atoms with Crippen LogP contribution in [0.5, 0.6) is 0 Å². The first-order valence-electron chi connectivity index (χ1n) is 6.26. The van der Waals surface area contributed by atoms with Gasteiger partial charge in [-0.2, -0.15) is 0 Å². The summed E-state index contributed by atoms with van der Waals surface area (Å²) in [4.78, 5) is 2.70. The zero-order valence-corrected chi connectivity index (χ0v) is 12.7. The minimum atomic E-state index is 0.420. The molecule has 0 N–H and O–H groups in total. The Hall–Kier alpha value is 0.650. The predicted octanol–water partition coefficient (Wildman–Crippen LogP) is 3.31. The predicted molar refractivity (Wildman–Crippen MR) is 75.4 cm³/mol. The van der Waals surface area contributed by atoms with E-state index in [1.807, 2.05) is 0 Å². The summed E-state index contributed by atoms with van der Waals surface area (Å²) in [6, 6.07) is 0.724. The summed E-state index contributed by atoms with van der Waals surface area (Å²) in [5.74, 6) is 0. The van der Waals surface area contributed by atoms with E-state index in [1.54, 1.807) is 0 Å². The standard InChI is InChI=1S/C12H25IN2/c1-5-12(6-2)11(14(4)13)9-8-10-15(12)7-3/h11H,5-10H2,1-4H3. The Morgan fingerprint density at radius 1 is 1.33 bits per heavy atom. The molecule has 1 rings (SSSR count). The average Bonchev–Trinajstić information content (AvgIpc) is 2.27. The molecule has 1 saturated heterocycles. The van der Waals surface area contributed by atoms with Crippen molar-refractivity contribution in [3.05, 3.63) is 0 Å². The maximum atomic E-state index is 2.70. The highest BCUT2D eigenvalue weighted by atomic mass is 127. The summed E-state index contributed by atoms with van der Waals surface area (Å²) in [5.41, 5.74) is 0.420. The monoisotopic (exact) mass is 324 g/mol. The van der Waals surface area contributed by atoms with Crippen molar-refractivity contribution in [2.24, 2.45) is 0 Å². The van der Waals surface area contributed by atoms with Gasteiger partial charge in [0.2, 0.25) is 0 Å². The number of piperidine rings is 1. The highest BCUT2D eigenvalue weighted by molar-refractivity contribution is 14.1. The third kappa shape index (κ3) is 2.50. The SMILES string of the molecule is CCN1CCCC(N(C)I)C1(CC)CC. The first-order chi connectivity index (χ1) is 7.12. The van der Waals surface area contributed by atoms with Crippen molar-refractivity contribution in [1.82, 2.24) is 8.01 Å². The fourth-order valence-electron chi connectivity index (χ4n) is 3.33. The van der Waals surface area contributed by atoms with Crippen LogP contribution in [0.2, 0.25) is 0 Å². The van der Waals surface area contributed by atoms with Gasteiger partial charge in [-0.05, 0) is 45.8 Å². The van der Waals surface area contributed by atoms with Crippen LogP contribution in [0, 0.1) is 0 Å². The lowest BCUT2D eigenvalue weighted by molar-refractivity contribution is -0.00325. The van der Waals surface area contributed by atoms with Crippen LogP contribution in [0.25, 0.3) is 0 Å². The van der Waals surface area contributed by atoms with E-state index in [0.29, 0.717) is 5.54 Å². The van der Waals surface area contributed by atoms with Gasteiger partial charge in [-0.3, -0.25) is 4.90 Å². The fourth-order valence-corrected chi connectivity index (χ4v) is 4.13. The Labute approximate surface area is 109 Å². The summed E-state index contributed by atoms with van der Waals surface area (Å²) in [6.07, 6.45) is 5.26. The van der Waals surface area contributed by atoms with Crippen LogP contribution >= 0.6 is 22.9 Å². The quantitative estimate of drug-likeness (QED) is 0.578. The van der Waals surface area contributed by atoms with Gasteiger partial charge >= 0.3 is 0 Å². The van der Waals surface area contributed by atoms with Gasteiger partial charge in [-0.1, -0.05) is 20.8 Å². The summed E-state index contributed by atoms with van der Waals surface area (Å²) in [5, 5.41) is 0. The van der Waals surface area contributed by atoms with Gasteiger partial charge in [0.25, 0.3) is 0 Å². The Morgan fingerprint density at radius 3 is 2.33 bits per heavy atom. The molecule has 3 heteroatoms. The van der Waals surface area contributed by atoms with Crippen LogP contribution in [-0.2, 0) is 0 Å². The van der Waals surface area contributed by atoms with Crippen molar-refractivity contribution in [2.75, 3.05) is 20.1 Å². The van der Waals surface area contributed by atoms with E-state index in [1.165, 1.54) is 38.8 Å². The molecule has 90 valence electrons. The van der Waals surface area contributed by atoms with Crippen LogP contribution in [0.4, 0.5) is 0 Å². The van der Waals surface area contributed by atoms with Gasteiger partial charge < -0.3 is 0 Å². The lowest BCUT2D eigenvalue weighted by Gasteiger charge is -2.53. The molecule has 0 aromatic rings. The van der Waals surface area contributed by atoms with E-state index in [0.717, 1.165) is 6.04 Å². The van der Waals surface area contributed by atoms with Gasteiger partial charge in [0.15, 0.2) is 0 Å². The fraction of sp³-hybridized carbons (Fsp3) is 1.00. The Bertz CT molecular complexity index is 190. The summed E-state index contributed by atoms with van der Waals surface area (Å²) >= 11 is 2.47. The zero-order chi connectivity index (χ0) is 11.5. The summed E-state index contributed by atoms with van der Waals surface area (Å²) in [7, 11) is 2.23. The molecule has 0 bridgehead atoms. The molecule has 0 aromatic heterocycles. The maximum absolute atomic E-state index is 2.70. The van der Waals surface area contributed by atoms with E-state index in [4.69, 9.17) is 0 Å². The molecule has 1 unspecified atom stereocenters. The topological polar surface area (TPSA) is 6.48 Å². The second-order valence-corrected chi connectivity index (χ2v) is 6.10. The van der Waals surface area contributed by atoms with E-state index < -0.39 is 0 Å². The number of halogens is 1. The van der Waals surface area contributed by atoms with Gasteiger partial charge in [0, 0.05) is 34.4 Å². The molecule has 0 spiro atoms. The van der Waals surface area contributed by atoms with Crippen molar-refractivity contribution in [1.29, 1.82) is 0 Å². The smallest absolute Gasteiger partial charge is 0.0375 e. The molecule has 1 atom stereocenters. The van der Waals surface area contributed by atoms with Gasteiger partial charge in [0.05, 0.1) is 0 Å². The molecule has 2 nitrogen and oxygen atoms in total. The molecule has 1 heterocycles. The van der Waals surface area contributed by atoms with Crippen LogP contribution in [0.3, 0.4) is 0 Å².